The van der Waals surface area contributed by atoms with E-state index in [2.05, 4.69) is 11.1 Å². The molecule has 0 bridgehead atoms. The number of aromatic nitrogens is 1. The fourth-order valence-electron chi connectivity index (χ4n) is 3.38. The van der Waals surface area contributed by atoms with Gasteiger partial charge in [0.15, 0.2) is 0 Å². The minimum absolute atomic E-state index is 0.00572. The number of hydrogen-bond donors (Lipinski definition) is 0. The molecule has 26 heavy (non-hydrogen) atoms. The van der Waals surface area contributed by atoms with Crippen LogP contribution in [0.1, 0.15) is 36.3 Å². The van der Waals surface area contributed by atoms with E-state index in [1.807, 2.05) is 29.8 Å². The molecule has 2 aromatic heterocycles. The monoisotopic (exact) mass is 387 g/mol. The summed E-state index contributed by atoms with van der Waals surface area (Å²) in [6, 6.07) is 7.84. The van der Waals surface area contributed by atoms with Gasteiger partial charge in [0, 0.05) is 27.5 Å². The molecule has 0 aliphatic heterocycles. The molecule has 0 saturated heterocycles. The van der Waals surface area contributed by atoms with Crippen LogP contribution in [-0.4, -0.2) is 17.6 Å². The van der Waals surface area contributed by atoms with E-state index in [1.54, 1.807) is 18.3 Å². The van der Waals surface area contributed by atoms with Gasteiger partial charge in [-0.3, -0.25) is 9.78 Å². The third kappa shape index (κ3) is 3.29. The van der Waals surface area contributed by atoms with Crippen molar-refractivity contribution in [2.24, 2.45) is 0 Å². The maximum Gasteiger partial charge on any atom is 0.310 e. The largest absolute Gasteiger partial charge is 0.486 e. The third-order valence-corrected chi connectivity index (χ3v) is 5.79. The van der Waals surface area contributed by atoms with Crippen molar-refractivity contribution >= 4 is 39.0 Å². The molecule has 1 unspecified atom stereocenters. The molecule has 1 aliphatic carbocycles. The predicted octanol–water partition coefficient (Wildman–Crippen LogP) is 5.12. The molecule has 4 rings (SSSR count). The highest BCUT2D eigenvalue weighted by Gasteiger charge is 2.25. The summed E-state index contributed by atoms with van der Waals surface area (Å²) < 4.78 is 12.3. The molecule has 0 fully saturated rings. The third-order valence-electron chi connectivity index (χ3n) is 4.51. The van der Waals surface area contributed by atoms with Crippen LogP contribution in [0.5, 0.6) is 5.75 Å². The number of ether oxygens (including phenoxy) is 2. The van der Waals surface area contributed by atoms with Gasteiger partial charge in [-0.1, -0.05) is 17.7 Å². The van der Waals surface area contributed by atoms with Gasteiger partial charge in [0.2, 0.25) is 0 Å². The molecular weight excluding hydrogens is 370 g/mol. The zero-order valence-electron chi connectivity index (χ0n) is 14.3. The highest BCUT2D eigenvalue weighted by molar-refractivity contribution is 7.17. The lowest BCUT2D eigenvalue weighted by Crippen LogP contribution is -2.07. The number of fused-ring (bicyclic) bond motifs is 2. The Labute approximate surface area is 160 Å². The van der Waals surface area contributed by atoms with Crippen LogP contribution < -0.4 is 4.74 Å². The fraction of sp³-hybridized carbons (Fsp3) is 0.300. The summed E-state index contributed by atoms with van der Waals surface area (Å²) in [5, 5.41) is 3.47. The number of esters is 1. The molecular formula is C20H18ClNO3S. The number of pyridine rings is 1. The van der Waals surface area contributed by atoms with Gasteiger partial charge in [-0.2, -0.15) is 0 Å². The molecule has 6 heteroatoms. The first-order valence-electron chi connectivity index (χ1n) is 8.61. The summed E-state index contributed by atoms with van der Waals surface area (Å²) in [6.45, 7) is 2.18. The van der Waals surface area contributed by atoms with Crippen LogP contribution in [0.3, 0.4) is 0 Å². The van der Waals surface area contributed by atoms with Gasteiger partial charge in [0.05, 0.1) is 18.1 Å². The number of hydrogen-bond acceptors (Lipinski definition) is 5. The normalized spacial score (nSPS) is 15.8. The smallest absolute Gasteiger partial charge is 0.310 e. The lowest BCUT2D eigenvalue weighted by Gasteiger charge is -2.15. The van der Waals surface area contributed by atoms with Crippen LogP contribution in [0.2, 0.25) is 5.02 Å². The van der Waals surface area contributed by atoms with E-state index >= 15 is 0 Å². The Morgan fingerprint density at radius 2 is 2.31 bits per heavy atom. The molecule has 134 valence electrons. The van der Waals surface area contributed by atoms with E-state index in [0.29, 0.717) is 11.6 Å². The van der Waals surface area contributed by atoms with Crippen molar-refractivity contribution in [2.75, 3.05) is 6.61 Å². The molecule has 4 nitrogen and oxygen atoms in total. The summed E-state index contributed by atoms with van der Waals surface area (Å²) in [4.78, 5) is 16.2. The number of nitrogens with zero attached hydrogens (tertiary/aromatic N) is 1. The number of aryl methyl sites for hydroxylation is 1. The standard InChI is InChI=1S/C20H18ClNO3S/c1-2-24-19(23)8-12-11-26-18-10-13(9-15(21)20(12)18)25-17-6-5-16-14(17)4-3-7-22-16/h3-4,7,9-11,17H,2,5-6,8H2,1H3. The van der Waals surface area contributed by atoms with Gasteiger partial charge in [0.25, 0.3) is 0 Å². The van der Waals surface area contributed by atoms with Gasteiger partial charge in [-0.25, -0.2) is 0 Å². The average molecular weight is 388 g/mol. The van der Waals surface area contributed by atoms with Gasteiger partial charge >= 0.3 is 5.97 Å². The maximum atomic E-state index is 11.8. The quantitative estimate of drug-likeness (QED) is 0.570. The summed E-state index contributed by atoms with van der Waals surface area (Å²) >= 11 is 8.08. The second-order valence-corrected chi connectivity index (χ2v) is 7.52. The van der Waals surface area contributed by atoms with Crippen LogP contribution in [0.25, 0.3) is 10.1 Å². The van der Waals surface area contributed by atoms with Crippen molar-refractivity contribution in [3.8, 4) is 5.75 Å². The number of carbonyl (C=O) groups is 1. The van der Waals surface area contributed by atoms with Crippen LogP contribution in [0.15, 0.2) is 35.8 Å². The van der Waals surface area contributed by atoms with Crippen molar-refractivity contribution in [1.29, 1.82) is 0 Å². The predicted molar refractivity (Wildman–Crippen MR) is 103 cm³/mol. The first-order chi connectivity index (χ1) is 12.7. The van der Waals surface area contributed by atoms with Crippen LogP contribution in [0, 0.1) is 0 Å². The summed E-state index contributed by atoms with van der Waals surface area (Å²) in [5.41, 5.74) is 3.16. The number of rotatable bonds is 5. The Balaban J connectivity index is 1.60. The molecule has 0 amide bonds. The van der Waals surface area contributed by atoms with E-state index < -0.39 is 0 Å². The molecule has 3 aromatic rings. The molecule has 0 spiro atoms. The molecule has 2 heterocycles. The Kier molecular flexibility index (Phi) is 4.83. The zero-order chi connectivity index (χ0) is 18.1. The summed E-state index contributed by atoms with van der Waals surface area (Å²) in [5.74, 6) is 0.507. The Morgan fingerprint density at radius 3 is 3.15 bits per heavy atom. The van der Waals surface area contributed by atoms with E-state index in [9.17, 15) is 4.79 Å². The minimum atomic E-state index is -0.237. The fourth-order valence-corrected chi connectivity index (χ4v) is 4.78. The molecule has 0 N–H and O–H groups in total. The lowest BCUT2D eigenvalue weighted by molar-refractivity contribution is -0.142. The van der Waals surface area contributed by atoms with E-state index in [4.69, 9.17) is 21.1 Å². The molecule has 0 radical (unpaired) electrons. The van der Waals surface area contributed by atoms with Crippen molar-refractivity contribution in [3.05, 3.63) is 57.7 Å². The first kappa shape index (κ1) is 17.3. The Morgan fingerprint density at radius 1 is 1.42 bits per heavy atom. The number of carbonyl (C=O) groups excluding carboxylic acids is 1. The number of halogens is 1. The van der Waals surface area contributed by atoms with Crippen LogP contribution in [-0.2, 0) is 22.4 Å². The van der Waals surface area contributed by atoms with Crippen LogP contribution >= 0.6 is 22.9 Å². The van der Waals surface area contributed by atoms with Crippen molar-refractivity contribution in [1.82, 2.24) is 4.98 Å². The van der Waals surface area contributed by atoms with Gasteiger partial charge in [0.1, 0.15) is 11.9 Å². The maximum absolute atomic E-state index is 11.8. The van der Waals surface area contributed by atoms with Crippen molar-refractivity contribution < 1.29 is 14.3 Å². The number of thiophene rings is 1. The second kappa shape index (κ2) is 7.25. The average Bonchev–Trinajstić information content (AvgIpc) is 3.20. The van der Waals surface area contributed by atoms with E-state index in [-0.39, 0.29) is 18.5 Å². The van der Waals surface area contributed by atoms with Gasteiger partial charge in [-0.05, 0) is 48.9 Å². The molecule has 0 saturated carbocycles. The van der Waals surface area contributed by atoms with Crippen molar-refractivity contribution in [3.63, 3.8) is 0 Å². The Bertz CT molecular complexity index is 969. The molecule has 1 aromatic carbocycles. The minimum Gasteiger partial charge on any atom is -0.486 e. The van der Waals surface area contributed by atoms with Gasteiger partial charge < -0.3 is 9.47 Å². The van der Waals surface area contributed by atoms with E-state index in [0.717, 1.165) is 45.5 Å². The van der Waals surface area contributed by atoms with Crippen molar-refractivity contribution in [2.45, 2.75) is 32.3 Å². The van der Waals surface area contributed by atoms with E-state index in [1.165, 1.54) is 0 Å². The molecule has 1 atom stereocenters. The lowest BCUT2D eigenvalue weighted by atomic mass is 10.1. The molecule has 1 aliphatic rings. The summed E-state index contributed by atoms with van der Waals surface area (Å²) in [6.07, 6.45) is 3.90. The van der Waals surface area contributed by atoms with Crippen LogP contribution in [0.4, 0.5) is 0 Å². The summed E-state index contributed by atoms with van der Waals surface area (Å²) in [7, 11) is 0. The first-order valence-corrected chi connectivity index (χ1v) is 9.87. The SMILES string of the molecule is CCOC(=O)Cc1csc2cc(OC3CCc4ncccc43)cc(Cl)c12. The Hall–Kier alpha value is -2.11. The highest BCUT2D eigenvalue weighted by Crippen LogP contribution is 2.39. The highest BCUT2D eigenvalue weighted by atomic mass is 35.5. The second-order valence-electron chi connectivity index (χ2n) is 6.21. The van der Waals surface area contributed by atoms with Gasteiger partial charge in [-0.15, -0.1) is 11.3 Å². The topological polar surface area (TPSA) is 48.4 Å². The zero-order valence-corrected chi connectivity index (χ0v) is 15.9. The number of benzene rings is 1.